The smallest absolute Gasteiger partial charge is 0.289 e. The van der Waals surface area contributed by atoms with E-state index in [2.05, 4.69) is 20.7 Å². The second-order valence-electron chi connectivity index (χ2n) is 5.67. The first-order valence-corrected chi connectivity index (χ1v) is 8.39. The monoisotopic (exact) mass is 384 g/mol. The van der Waals surface area contributed by atoms with Gasteiger partial charge in [0.2, 0.25) is 0 Å². The molecule has 1 aromatic heterocycles. The third-order valence-electron chi connectivity index (χ3n) is 3.89. The number of rotatable bonds is 5. The Hall–Kier alpha value is -3.32. The van der Waals surface area contributed by atoms with Crippen molar-refractivity contribution in [2.24, 2.45) is 5.10 Å². The molecule has 27 heavy (non-hydrogen) atoms. The van der Waals surface area contributed by atoms with Gasteiger partial charge in [0.15, 0.2) is 11.5 Å². The van der Waals surface area contributed by atoms with Gasteiger partial charge in [-0.3, -0.25) is 9.89 Å². The lowest BCUT2D eigenvalue weighted by atomic mass is 10.1. The molecule has 0 fully saturated rings. The molecule has 2 aromatic carbocycles. The van der Waals surface area contributed by atoms with Gasteiger partial charge in [-0.25, -0.2) is 5.43 Å². The summed E-state index contributed by atoms with van der Waals surface area (Å²) in [4.78, 5) is 12.3. The van der Waals surface area contributed by atoms with Crippen LogP contribution in [-0.4, -0.2) is 34.0 Å². The second kappa shape index (κ2) is 7.92. The lowest BCUT2D eigenvalue weighted by Gasteiger charge is -2.06. The van der Waals surface area contributed by atoms with E-state index in [1.807, 2.05) is 18.2 Å². The molecule has 0 aliphatic carbocycles. The number of hydrazone groups is 1. The molecule has 0 saturated heterocycles. The first-order chi connectivity index (χ1) is 13.0. The normalized spacial score (nSPS) is 11.3. The summed E-state index contributed by atoms with van der Waals surface area (Å²) >= 11 is 6.15. The van der Waals surface area contributed by atoms with Crippen molar-refractivity contribution in [1.29, 1.82) is 0 Å². The highest BCUT2D eigenvalue weighted by Crippen LogP contribution is 2.27. The van der Waals surface area contributed by atoms with Gasteiger partial charge in [0, 0.05) is 11.1 Å². The van der Waals surface area contributed by atoms with Crippen molar-refractivity contribution in [3.63, 3.8) is 0 Å². The summed E-state index contributed by atoms with van der Waals surface area (Å²) in [5, 5.41) is 21.1. The van der Waals surface area contributed by atoms with E-state index in [0.717, 1.165) is 5.56 Å². The molecule has 138 valence electrons. The summed E-state index contributed by atoms with van der Waals surface area (Å²) in [6.07, 6.45) is 0. The molecule has 7 nitrogen and oxygen atoms in total. The number of aromatic nitrogens is 2. The molecular formula is C19H17ClN4O3. The van der Waals surface area contributed by atoms with Crippen molar-refractivity contribution in [1.82, 2.24) is 15.6 Å². The van der Waals surface area contributed by atoms with Crippen LogP contribution < -0.4 is 10.2 Å². The fraction of sp³-hybridized carbons (Fsp3) is 0.105. The summed E-state index contributed by atoms with van der Waals surface area (Å²) < 4.78 is 5.07. The predicted octanol–water partition coefficient (Wildman–Crippen LogP) is 3.60. The van der Waals surface area contributed by atoms with Crippen molar-refractivity contribution in [3.8, 4) is 22.8 Å². The van der Waals surface area contributed by atoms with Crippen LogP contribution in [0.4, 0.5) is 0 Å². The maximum Gasteiger partial charge on any atom is 0.289 e. The number of phenols is 1. The molecular weight excluding hydrogens is 368 g/mol. The summed E-state index contributed by atoms with van der Waals surface area (Å²) in [6.45, 7) is 1.73. The minimum absolute atomic E-state index is 0.0302. The molecule has 0 spiro atoms. The van der Waals surface area contributed by atoms with E-state index in [9.17, 15) is 9.90 Å². The molecule has 0 unspecified atom stereocenters. The van der Waals surface area contributed by atoms with Crippen molar-refractivity contribution >= 4 is 23.2 Å². The number of aromatic amines is 1. The summed E-state index contributed by atoms with van der Waals surface area (Å²) in [7, 11) is 1.46. The topological polar surface area (TPSA) is 99.6 Å². The maximum absolute atomic E-state index is 12.3. The molecule has 0 saturated carbocycles. The van der Waals surface area contributed by atoms with Crippen LogP contribution in [0.1, 0.15) is 23.0 Å². The lowest BCUT2D eigenvalue weighted by Crippen LogP contribution is -2.19. The van der Waals surface area contributed by atoms with E-state index in [1.54, 1.807) is 31.2 Å². The first kappa shape index (κ1) is 18.5. The Morgan fingerprint density at radius 2 is 2.04 bits per heavy atom. The molecule has 1 heterocycles. The highest BCUT2D eigenvalue weighted by molar-refractivity contribution is 6.33. The number of hydrogen-bond donors (Lipinski definition) is 3. The van der Waals surface area contributed by atoms with E-state index in [-0.39, 0.29) is 11.4 Å². The highest BCUT2D eigenvalue weighted by atomic mass is 35.5. The van der Waals surface area contributed by atoms with Gasteiger partial charge in [-0.05, 0) is 37.3 Å². The number of carbonyl (C=O) groups excluding carboxylic acids is 1. The molecule has 0 radical (unpaired) electrons. The third-order valence-corrected chi connectivity index (χ3v) is 4.22. The van der Waals surface area contributed by atoms with Crippen LogP contribution in [0.3, 0.4) is 0 Å². The SMILES string of the molecule is COc1cc(/C(C)=N\NC(=O)c2cc(-c3ccccc3Cl)n[nH]2)ccc1O. The average molecular weight is 385 g/mol. The van der Waals surface area contributed by atoms with E-state index in [1.165, 1.54) is 13.2 Å². The zero-order valence-corrected chi connectivity index (χ0v) is 15.4. The summed E-state index contributed by atoms with van der Waals surface area (Å²) in [5.41, 5.74) is 5.27. The average Bonchev–Trinajstić information content (AvgIpc) is 3.16. The van der Waals surface area contributed by atoms with Crippen molar-refractivity contribution in [3.05, 3.63) is 64.8 Å². The maximum atomic E-state index is 12.3. The minimum atomic E-state index is -0.439. The van der Waals surface area contributed by atoms with Crippen molar-refractivity contribution in [2.75, 3.05) is 7.11 Å². The number of H-pyrrole nitrogens is 1. The Morgan fingerprint density at radius 1 is 1.26 bits per heavy atom. The van der Waals surface area contributed by atoms with E-state index in [4.69, 9.17) is 16.3 Å². The Labute approximate surface area is 160 Å². The Bertz CT molecular complexity index is 1010. The number of hydrogen-bond acceptors (Lipinski definition) is 5. The molecule has 3 rings (SSSR count). The molecule has 0 aliphatic rings. The molecule has 3 N–H and O–H groups in total. The van der Waals surface area contributed by atoms with Gasteiger partial charge in [-0.15, -0.1) is 0 Å². The fourth-order valence-electron chi connectivity index (χ4n) is 2.41. The van der Waals surface area contributed by atoms with Gasteiger partial charge in [0.25, 0.3) is 5.91 Å². The van der Waals surface area contributed by atoms with Gasteiger partial charge in [-0.2, -0.15) is 10.2 Å². The fourth-order valence-corrected chi connectivity index (χ4v) is 2.64. The highest BCUT2D eigenvalue weighted by Gasteiger charge is 2.13. The van der Waals surface area contributed by atoms with Gasteiger partial charge >= 0.3 is 0 Å². The molecule has 8 heteroatoms. The summed E-state index contributed by atoms with van der Waals surface area (Å²) in [5.74, 6) is -0.0835. The van der Waals surface area contributed by atoms with Crippen LogP contribution in [0.5, 0.6) is 11.5 Å². The number of aromatic hydroxyl groups is 1. The Morgan fingerprint density at radius 3 is 2.78 bits per heavy atom. The minimum Gasteiger partial charge on any atom is -0.504 e. The second-order valence-corrected chi connectivity index (χ2v) is 6.08. The number of methoxy groups -OCH3 is 1. The van der Waals surface area contributed by atoms with E-state index >= 15 is 0 Å². The summed E-state index contributed by atoms with van der Waals surface area (Å²) in [6, 6.07) is 13.6. The van der Waals surface area contributed by atoms with Gasteiger partial charge < -0.3 is 9.84 Å². The number of nitrogens with one attached hydrogen (secondary N) is 2. The van der Waals surface area contributed by atoms with Gasteiger partial charge in [-0.1, -0.05) is 29.8 Å². The molecule has 0 bridgehead atoms. The largest absolute Gasteiger partial charge is 0.504 e. The third kappa shape index (κ3) is 4.09. The number of halogens is 1. The number of amides is 1. The number of carbonyl (C=O) groups is 1. The van der Waals surface area contributed by atoms with Crippen molar-refractivity contribution < 1.29 is 14.6 Å². The lowest BCUT2D eigenvalue weighted by molar-refractivity contribution is 0.0950. The molecule has 1 amide bonds. The van der Waals surface area contributed by atoms with Gasteiger partial charge in [0.1, 0.15) is 5.69 Å². The molecule has 0 aliphatic heterocycles. The number of ether oxygens (including phenoxy) is 1. The number of nitrogens with zero attached hydrogens (tertiary/aromatic N) is 2. The quantitative estimate of drug-likeness (QED) is 0.462. The zero-order chi connectivity index (χ0) is 19.4. The van der Waals surface area contributed by atoms with E-state index in [0.29, 0.717) is 27.7 Å². The zero-order valence-electron chi connectivity index (χ0n) is 14.7. The van der Waals surface area contributed by atoms with Gasteiger partial charge in [0.05, 0.1) is 23.5 Å². The standard InChI is InChI=1S/C19H17ClN4O3/c1-11(12-7-8-17(25)18(9-12)27-2)21-24-19(26)16-10-15(22-23-16)13-5-3-4-6-14(13)20/h3-10,25H,1-2H3,(H,22,23)(H,24,26)/b21-11-. The van der Waals surface area contributed by atoms with Crippen LogP contribution in [0.2, 0.25) is 5.02 Å². The van der Waals surface area contributed by atoms with Crippen LogP contribution in [0.25, 0.3) is 11.3 Å². The molecule has 0 atom stereocenters. The number of benzene rings is 2. The van der Waals surface area contributed by atoms with Crippen LogP contribution in [0, 0.1) is 0 Å². The van der Waals surface area contributed by atoms with Crippen LogP contribution >= 0.6 is 11.6 Å². The number of phenolic OH excluding ortho intramolecular Hbond substituents is 1. The van der Waals surface area contributed by atoms with E-state index < -0.39 is 5.91 Å². The molecule has 3 aromatic rings. The Kier molecular flexibility index (Phi) is 5.42. The first-order valence-electron chi connectivity index (χ1n) is 8.02. The van der Waals surface area contributed by atoms with Crippen molar-refractivity contribution in [2.45, 2.75) is 6.92 Å². The predicted molar refractivity (Wildman–Crippen MR) is 103 cm³/mol. The van der Waals surface area contributed by atoms with Crippen LogP contribution in [-0.2, 0) is 0 Å². The van der Waals surface area contributed by atoms with Crippen LogP contribution in [0.15, 0.2) is 53.6 Å². The Balaban J connectivity index is 1.74.